The molecule has 2 atom stereocenters. The standard InChI is InChI=1S/C8H14Si2/c1-5-8(3)7-10(4,6-2)9-8/h5-6H,1-2,7H2,3-4H3. The van der Waals surface area contributed by atoms with Gasteiger partial charge in [0, 0.05) is 9.04 Å². The molecule has 0 N–H and O–H groups in total. The van der Waals surface area contributed by atoms with Gasteiger partial charge in [0.05, 0.1) is 7.59 Å². The molecule has 0 aromatic heterocycles. The molecule has 0 aromatic carbocycles. The Kier molecular flexibility index (Phi) is 1.77. The molecule has 0 saturated carbocycles. The summed E-state index contributed by atoms with van der Waals surface area (Å²) in [7, 11) is 0.205. The predicted octanol–water partition coefficient (Wildman–Crippen LogP) is 2.37. The number of rotatable bonds is 2. The van der Waals surface area contributed by atoms with Crippen LogP contribution >= 0.6 is 0 Å². The highest BCUT2D eigenvalue weighted by Gasteiger charge is 2.47. The summed E-state index contributed by atoms with van der Waals surface area (Å²) >= 11 is 0. The second-order valence-electron chi connectivity index (χ2n) is 3.54. The lowest BCUT2D eigenvalue weighted by atomic mass is 10.2. The molecule has 2 radical (unpaired) electrons. The van der Waals surface area contributed by atoms with Crippen molar-refractivity contribution < 1.29 is 0 Å². The fourth-order valence-electron chi connectivity index (χ4n) is 1.64. The van der Waals surface area contributed by atoms with Crippen LogP contribution in [0.3, 0.4) is 0 Å². The van der Waals surface area contributed by atoms with E-state index in [1.54, 1.807) is 0 Å². The van der Waals surface area contributed by atoms with E-state index in [0.717, 1.165) is 9.04 Å². The maximum atomic E-state index is 3.89. The fraction of sp³-hybridized carbons (Fsp3) is 0.500. The van der Waals surface area contributed by atoms with Crippen LogP contribution in [0.1, 0.15) is 6.92 Å². The van der Waals surface area contributed by atoms with Crippen molar-refractivity contribution in [2.24, 2.45) is 0 Å². The van der Waals surface area contributed by atoms with Crippen molar-refractivity contribution >= 4 is 16.6 Å². The summed E-state index contributed by atoms with van der Waals surface area (Å²) in [6.45, 7) is 12.4. The molecule has 2 heteroatoms. The van der Waals surface area contributed by atoms with E-state index in [1.807, 2.05) is 0 Å². The van der Waals surface area contributed by atoms with Crippen LogP contribution in [0.25, 0.3) is 0 Å². The molecule has 0 aromatic rings. The molecule has 0 bridgehead atoms. The van der Waals surface area contributed by atoms with Crippen molar-refractivity contribution in [3.05, 3.63) is 24.9 Å². The minimum atomic E-state index is -0.907. The van der Waals surface area contributed by atoms with E-state index in [9.17, 15) is 0 Å². The number of allylic oxidation sites excluding steroid dienone is 1. The first-order valence-electron chi connectivity index (χ1n) is 3.60. The third kappa shape index (κ3) is 1.18. The normalized spacial score (nSPS) is 45.8. The fourth-order valence-corrected chi connectivity index (χ4v) is 11.3. The molecule has 1 heterocycles. The first-order chi connectivity index (χ1) is 4.54. The summed E-state index contributed by atoms with van der Waals surface area (Å²) in [4.78, 5) is 0. The van der Waals surface area contributed by atoms with Crippen LogP contribution in [-0.4, -0.2) is 16.6 Å². The molecular formula is C8H14Si2. The second-order valence-corrected chi connectivity index (χ2v) is 12.7. The van der Waals surface area contributed by atoms with Crippen molar-refractivity contribution in [1.29, 1.82) is 0 Å². The van der Waals surface area contributed by atoms with Crippen LogP contribution in [0.5, 0.6) is 0 Å². The van der Waals surface area contributed by atoms with Gasteiger partial charge < -0.3 is 0 Å². The summed E-state index contributed by atoms with van der Waals surface area (Å²) in [6.07, 6.45) is 2.11. The van der Waals surface area contributed by atoms with Crippen LogP contribution in [0, 0.1) is 0 Å². The maximum absolute atomic E-state index is 3.89. The molecule has 54 valence electrons. The van der Waals surface area contributed by atoms with Gasteiger partial charge in [-0.25, -0.2) is 0 Å². The van der Waals surface area contributed by atoms with E-state index in [1.165, 1.54) is 6.04 Å². The molecule has 10 heavy (non-hydrogen) atoms. The van der Waals surface area contributed by atoms with Gasteiger partial charge in [0.15, 0.2) is 0 Å². The molecule has 0 aliphatic carbocycles. The zero-order valence-electron chi connectivity index (χ0n) is 6.78. The van der Waals surface area contributed by atoms with Crippen molar-refractivity contribution in [1.82, 2.24) is 0 Å². The van der Waals surface area contributed by atoms with Gasteiger partial charge >= 0.3 is 0 Å². The van der Waals surface area contributed by atoms with Crippen molar-refractivity contribution in [2.75, 3.05) is 0 Å². The molecule has 1 saturated heterocycles. The second kappa shape index (κ2) is 2.20. The molecular weight excluding hydrogens is 152 g/mol. The summed E-state index contributed by atoms with van der Waals surface area (Å²) in [5.74, 6) is 0. The largest absolute Gasteiger partial charge is 0.107 e. The summed E-state index contributed by atoms with van der Waals surface area (Å²) in [5, 5.41) is 0.481. The monoisotopic (exact) mass is 166 g/mol. The SMILES string of the molecule is C=CC1(C)C[Si](C)(C=C)[Si]1. The van der Waals surface area contributed by atoms with Gasteiger partial charge in [-0.3, -0.25) is 0 Å². The Morgan fingerprint density at radius 3 is 2.40 bits per heavy atom. The lowest BCUT2D eigenvalue weighted by Crippen LogP contribution is -2.54. The molecule has 1 aliphatic heterocycles. The Labute approximate surface area is 66.7 Å². The minimum absolute atomic E-state index is 0.481. The zero-order valence-corrected chi connectivity index (χ0v) is 8.78. The van der Waals surface area contributed by atoms with Crippen LogP contribution in [-0.2, 0) is 0 Å². The quantitative estimate of drug-likeness (QED) is 0.436. The van der Waals surface area contributed by atoms with Crippen LogP contribution in [0.4, 0.5) is 0 Å². The predicted molar refractivity (Wildman–Crippen MR) is 50.9 cm³/mol. The van der Waals surface area contributed by atoms with Gasteiger partial charge in [-0.05, 0) is 5.04 Å². The lowest BCUT2D eigenvalue weighted by molar-refractivity contribution is 0.810. The molecule has 1 fully saturated rings. The average molecular weight is 166 g/mol. The van der Waals surface area contributed by atoms with Gasteiger partial charge in [-0.2, -0.15) is 0 Å². The third-order valence-corrected chi connectivity index (χ3v) is 11.0. The Balaban J connectivity index is 2.57. The zero-order chi connectivity index (χ0) is 7.83. The molecule has 0 amide bonds. The Bertz CT molecular complexity index is 148. The first-order valence-corrected chi connectivity index (χ1v) is 8.39. The van der Waals surface area contributed by atoms with Crippen molar-refractivity contribution in [3.63, 3.8) is 0 Å². The van der Waals surface area contributed by atoms with Gasteiger partial charge in [-0.15, -0.1) is 18.9 Å². The molecule has 0 nitrogen and oxygen atoms in total. The summed E-state index contributed by atoms with van der Waals surface area (Å²) < 4.78 is 0. The van der Waals surface area contributed by atoms with Crippen LogP contribution in [0.2, 0.25) is 17.6 Å². The van der Waals surface area contributed by atoms with Gasteiger partial charge in [0.1, 0.15) is 0 Å². The van der Waals surface area contributed by atoms with E-state index >= 15 is 0 Å². The third-order valence-electron chi connectivity index (χ3n) is 2.21. The number of hydrogen-bond donors (Lipinski definition) is 0. The van der Waals surface area contributed by atoms with E-state index in [-0.39, 0.29) is 0 Å². The van der Waals surface area contributed by atoms with Crippen molar-refractivity contribution in [2.45, 2.75) is 24.6 Å². The van der Waals surface area contributed by atoms with E-state index in [2.05, 4.69) is 38.4 Å². The highest BCUT2D eigenvalue weighted by molar-refractivity contribution is 7.32. The first kappa shape index (κ1) is 8.01. The highest BCUT2D eigenvalue weighted by atomic mass is 29.2. The van der Waals surface area contributed by atoms with Crippen molar-refractivity contribution in [3.8, 4) is 0 Å². The smallest absolute Gasteiger partial charge is 0.0631 e. The summed E-state index contributed by atoms with van der Waals surface area (Å²) in [6, 6.07) is 1.37. The molecule has 2 unspecified atom stereocenters. The van der Waals surface area contributed by atoms with Gasteiger partial charge in [0.2, 0.25) is 0 Å². The van der Waals surface area contributed by atoms with E-state index < -0.39 is 7.59 Å². The molecule has 1 rings (SSSR count). The van der Waals surface area contributed by atoms with Crippen LogP contribution < -0.4 is 0 Å². The average Bonchev–Trinajstić information content (AvgIpc) is 1.85. The number of hydrogen-bond acceptors (Lipinski definition) is 0. The molecule has 1 aliphatic rings. The van der Waals surface area contributed by atoms with Gasteiger partial charge in [-0.1, -0.05) is 25.6 Å². The Morgan fingerprint density at radius 1 is 1.60 bits per heavy atom. The maximum Gasteiger partial charge on any atom is 0.0631 e. The highest BCUT2D eigenvalue weighted by Crippen LogP contribution is 2.47. The van der Waals surface area contributed by atoms with E-state index in [4.69, 9.17) is 0 Å². The van der Waals surface area contributed by atoms with E-state index in [0.29, 0.717) is 5.04 Å². The topological polar surface area (TPSA) is 0 Å². The Morgan fingerprint density at radius 2 is 2.10 bits per heavy atom. The van der Waals surface area contributed by atoms with Crippen LogP contribution in [0.15, 0.2) is 24.9 Å². The molecule has 0 spiro atoms. The minimum Gasteiger partial charge on any atom is -0.107 e. The summed E-state index contributed by atoms with van der Waals surface area (Å²) in [5.41, 5.74) is 2.22. The van der Waals surface area contributed by atoms with Gasteiger partial charge in [0.25, 0.3) is 0 Å². The Hall–Kier alpha value is -0.0862. The lowest BCUT2D eigenvalue weighted by Gasteiger charge is -2.47.